The molecule has 8 heteroatoms. The fourth-order valence-electron chi connectivity index (χ4n) is 3.44. The maximum atomic E-state index is 6.12. The van der Waals surface area contributed by atoms with E-state index in [9.17, 15) is 0 Å². The molecular formula is C21H23ClN4O2S. The molecule has 1 aliphatic rings. The van der Waals surface area contributed by atoms with Crippen molar-refractivity contribution in [1.29, 1.82) is 0 Å². The summed E-state index contributed by atoms with van der Waals surface area (Å²) in [4.78, 5) is 5.08. The summed E-state index contributed by atoms with van der Waals surface area (Å²) >= 11 is 11.5. The van der Waals surface area contributed by atoms with E-state index in [2.05, 4.69) is 21.0 Å². The Bertz CT molecular complexity index is 1010. The van der Waals surface area contributed by atoms with E-state index < -0.39 is 0 Å². The minimum Gasteiger partial charge on any atom is -0.497 e. The lowest BCUT2D eigenvalue weighted by Crippen LogP contribution is -2.47. The first-order chi connectivity index (χ1) is 14.1. The normalized spacial score (nSPS) is 14.9. The number of hydrogen-bond acceptors (Lipinski definition) is 6. The van der Waals surface area contributed by atoms with Crippen molar-refractivity contribution >= 4 is 29.5 Å². The van der Waals surface area contributed by atoms with E-state index in [0.29, 0.717) is 23.8 Å². The topological polar surface area (TPSA) is 46.7 Å². The van der Waals surface area contributed by atoms with Crippen molar-refractivity contribution in [2.45, 2.75) is 13.1 Å². The Morgan fingerprint density at radius 3 is 2.55 bits per heavy atom. The minimum absolute atomic E-state index is 0.408. The van der Waals surface area contributed by atoms with Crippen LogP contribution in [-0.2, 0) is 13.1 Å². The minimum atomic E-state index is 0.408. The average molecular weight is 431 g/mol. The summed E-state index contributed by atoms with van der Waals surface area (Å²) in [6.07, 6.45) is 0.600. The van der Waals surface area contributed by atoms with Gasteiger partial charge in [0.2, 0.25) is 5.89 Å². The Labute approximate surface area is 180 Å². The number of anilines is 1. The molecule has 0 N–H and O–H groups in total. The van der Waals surface area contributed by atoms with Crippen LogP contribution in [0.5, 0.6) is 5.75 Å². The number of halogens is 1. The van der Waals surface area contributed by atoms with Gasteiger partial charge in [-0.15, -0.1) is 5.10 Å². The van der Waals surface area contributed by atoms with Crippen molar-refractivity contribution < 1.29 is 9.15 Å². The number of piperazine rings is 1. The first kappa shape index (κ1) is 19.9. The smallest absolute Gasteiger partial charge is 0.288 e. The molecule has 1 aliphatic heterocycles. The molecule has 0 amide bonds. The van der Waals surface area contributed by atoms with Crippen LogP contribution in [0.15, 0.2) is 52.9 Å². The van der Waals surface area contributed by atoms with Crippen molar-refractivity contribution in [3.05, 3.63) is 69.8 Å². The zero-order valence-electron chi connectivity index (χ0n) is 16.3. The second-order valence-corrected chi connectivity index (χ2v) is 7.80. The van der Waals surface area contributed by atoms with Crippen molar-refractivity contribution in [1.82, 2.24) is 14.7 Å². The third-order valence-corrected chi connectivity index (χ3v) is 5.57. The van der Waals surface area contributed by atoms with Gasteiger partial charge in [-0.1, -0.05) is 29.8 Å². The number of nitrogens with zero attached hydrogens (tertiary/aromatic N) is 4. The lowest BCUT2D eigenvalue weighted by molar-refractivity contribution is 0.192. The van der Waals surface area contributed by atoms with Crippen LogP contribution in [0.4, 0.5) is 5.69 Å². The highest BCUT2D eigenvalue weighted by atomic mass is 35.5. The maximum Gasteiger partial charge on any atom is 0.288 e. The van der Waals surface area contributed by atoms with E-state index in [4.69, 9.17) is 33.0 Å². The predicted octanol–water partition coefficient (Wildman–Crippen LogP) is 4.24. The largest absolute Gasteiger partial charge is 0.497 e. The van der Waals surface area contributed by atoms with Crippen molar-refractivity contribution in [2.75, 3.05) is 38.2 Å². The number of aromatic nitrogens is 2. The Morgan fingerprint density at radius 1 is 1.10 bits per heavy atom. The monoisotopic (exact) mass is 430 g/mol. The molecule has 0 spiro atoms. The number of hydrogen-bond donors (Lipinski definition) is 0. The lowest BCUT2D eigenvalue weighted by atomic mass is 10.1. The second-order valence-electron chi connectivity index (χ2n) is 7.01. The highest BCUT2D eigenvalue weighted by Crippen LogP contribution is 2.21. The van der Waals surface area contributed by atoms with Gasteiger partial charge in [-0.2, -0.15) is 0 Å². The van der Waals surface area contributed by atoms with Crippen LogP contribution in [0.1, 0.15) is 11.5 Å². The molecule has 0 unspecified atom stereocenters. The van der Waals surface area contributed by atoms with Crippen molar-refractivity contribution in [3.8, 4) is 5.75 Å². The standard InChI is InChI=1S/C21H23ClN4O2S/c1-27-19-7-5-16(6-8-19)13-20-23-26(21(29)28-20)15-24-9-11-25(12-10-24)18-4-2-3-17(22)14-18/h2-8,14H,9-13,15H2,1H3. The fraction of sp³-hybridized carbons (Fsp3) is 0.333. The van der Waals surface area contributed by atoms with Gasteiger partial charge >= 0.3 is 0 Å². The van der Waals surface area contributed by atoms with E-state index >= 15 is 0 Å². The Balaban J connectivity index is 1.35. The van der Waals surface area contributed by atoms with E-state index in [1.54, 1.807) is 11.8 Å². The second kappa shape index (κ2) is 8.98. The van der Waals surface area contributed by atoms with Crippen molar-refractivity contribution in [2.24, 2.45) is 0 Å². The summed E-state index contributed by atoms with van der Waals surface area (Å²) < 4.78 is 12.7. The number of ether oxygens (including phenoxy) is 1. The molecule has 6 nitrogen and oxygen atoms in total. The molecule has 0 atom stereocenters. The number of methoxy groups -OCH3 is 1. The van der Waals surface area contributed by atoms with Gasteiger partial charge in [0.05, 0.1) is 20.2 Å². The first-order valence-electron chi connectivity index (χ1n) is 9.53. The van der Waals surface area contributed by atoms with Crippen LogP contribution >= 0.6 is 23.8 Å². The molecule has 29 heavy (non-hydrogen) atoms. The SMILES string of the molecule is COc1ccc(Cc2nn(CN3CCN(c4cccc(Cl)c4)CC3)c(=S)o2)cc1. The third kappa shape index (κ3) is 4.98. The molecule has 1 fully saturated rings. The van der Waals surface area contributed by atoms with Gasteiger partial charge < -0.3 is 14.1 Å². The molecule has 1 saturated heterocycles. The molecular weight excluding hydrogens is 408 g/mol. The lowest BCUT2D eigenvalue weighted by Gasteiger charge is -2.35. The van der Waals surface area contributed by atoms with Crippen LogP contribution in [-0.4, -0.2) is 48.0 Å². The van der Waals surface area contributed by atoms with Gasteiger partial charge in [0, 0.05) is 36.9 Å². The number of benzene rings is 2. The van der Waals surface area contributed by atoms with Crippen LogP contribution in [0.25, 0.3) is 0 Å². The van der Waals surface area contributed by atoms with E-state index in [1.165, 1.54) is 0 Å². The zero-order chi connectivity index (χ0) is 20.2. The average Bonchev–Trinajstić information content (AvgIpc) is 3.08. The summed E-state index contributed by atoms with van der Waals surface area (Å²) in [7, 11) is 1.66. The molecule has 2 aromatic carbocycles. The van der Waals surface area contributed by atoms with Gasteiger partial charge in [0.1, 0.15) is 5.75 Å². The molecule has 2 heterocycles. The summed E-state index contributed by atoms with van der Waals surface area (Å²) in [5.41, 5.74) is 2.27. The quantitative estimate of drug-likeness (QED) is 0.545. The molecule has 1 aromatic heterocycles. The highest BCUT2D eigenvalue weighted by Gasteiger charge is 2.19. The van der Waals surface area contributed by atoms with Crippen LogP contribution in [0.3, 0.4) is 0 Å². The van der Waals surface area contributed by atoms with Crippen LogP contribution in [0.2, 0.25) is 5.02 Å². The molecule has 0 radical (unpaired) electrons. The molecule has 0 bridgehead atoms. The van der Waals surface area contributed by atoms with Gasteiger partial charge in [0.15, 0.2) is 0 Å². The maximum absolute atomic E-state index is 6.12. The van der Waals surface area contributed by atoms with Crippen molar-refractivity contribution in [3.63, 3.8) is 0 Å². The van der Waals surface area contributed by atoms with Gasteiger partial charge in [-0.05, 0) is 48.1 Å². The molecule has 0 aliphatic carbocycles. The highest BCUT2D eigenvalue weighted by molar-refractivity contribution is 7.71. The van der Waals surface area contributed by atoms with Crippen LogP contribution < -0.4 is 9.64 Å². The van der Waals surface area contributed by atoms with Gasteiger partial charge in [-0.25, -0.2) is 4.68 Å². The van der Waals surface area contributed by atoms with E-state index in [0.717, 1.165) is 48.2 Å². The fourth-order valence-corrected chi connectivity index (χ4v) is 3.82. The molecule has 152 valence electrons. The molecule has 3 aromatic rings. The van der Waals surface area contributed by atoms with E-state index in [1.807, 2.05) is 42.5 Å². The van der Waals surface area contributed by atoms with E-state index in [-0.39, 0.29) is 0 Å². The summed E-state index contributed by atoms with van der Waals surface area (Å²) in [5.74, 6) is 1.45. The Hall–Kier alpha value is -2.35. The van der Waals surface area contributed by atoms with Crippen LogP contribution in [0, 0.1) is 4.84 Å². The van der Waals surface area contributed by atoms with Gasteiger partial charge in [-0.3, -0.25) is 4.90 Å². The van der Waals surface area contributed by atoms with Gasteiger partial charge in [0.25, 0.3) is 4.84 Å². The zero-order valence-corrected chi connectivity index (χ0v) is 17.8. The molecule has 4 rings (SSSR count). The first-order valence-corrected chi connectivity index (χ1v) is 10.3. The molecule has 0 saturated carbocycles. The Morgan fingerprint density at radius 2 is 1.86 bits per heavy atom. The summed E-state index contributed by atoms with van der Waals surface area (Å²) in [6.45, 7) is 4.35. The predicted molar refractivity (Wildman–Crippen MR) is 116 cm³/mol. The summed E-state index contributed by atoms with van der Waals surface area (Å²) in [6, 6.07) is 15.9. The third-order valence-electron chi connectivity index (χ3n) is 5.04. The Kier molecular flexibility index (Phi) is 6.18. The summed E-state index contributed by atoms with van der Waals surface area (Å²) in [5, 5.41) is 5.34. The number of rotatable bonds is 6.